The Morgan fingerprint density at radius 3 is 2.74 bits per heavy atom. The maximum absolute atomic E-state index is 13.2. The van der Waals surface area contributed by atoms with Crippen LogP contribution in [0.2, 0.25) is 0 Å². The molecule has 1 amide bonds. The molecule has 1 aliphatic carbocycles. The molecule has 1 saturated heterocycles. The van der Waals surface area contributed by atoms with Crippen molar-refractivity contribution < 1.29 is 13.2 Å². The van der Waals surface area contributed by atoms with Gasteiger partial charge < -0.3 is 4.90 Å². The first-order chi connectivity index (χ1) is 13.0. The molecule has 2 fully saturated rings. The van der Waals surface area contributed by atoms with E-state index >= 15 is 0 Å². The first-order valence-corrected chi connectivity index (χ1v) is 13.0. The molecule has 1 aliphatic heterocycles. The Morgan fingerprint density at radius 2 is 2.00 bits per heavy atom. The second kappa shape index (κ2) is 8.05. The van der Waals surface area contributed by atoms with Crippen molar-refractivity contribution >= 4 is 49.1 Å². The van der Waals surface area contributed by atoms with E-state index in [2.05, 4.69) is 9.97 Å². The Morgan fingerprint density at radius 1 is 1.19 bits per heavy atom. The summed E-state index contributed by atoms with van der Waals surface area (Å²) in [6.45, 7) is 0. The Labute approximate surface area is 167 Å². The van der Waals surface area contributed by atoms with Crippen molar-refractivity contribution in [3.05, 3.63) is 17.8 Å². The molecular formula is C18H23N3O3S3. The van der Waals surface area contributed by atoms with E-state index < -0.39 is 9.84 Å². The van der Waals surface area contributed by atoms with Crippen LogP contribution in [-0.2, 0) is 14.6 Å². The number of nitrogens with zero attached hydrogens (tertiary/aromatic N) is 3. The second-order valence-electron chi connectivity index (χ2n) is 7.26. The summed E-state index contributed by atoms with van der Waals surface area (Å²) in [5.74, 6) is 0.635. The highest BCUT2D eigenvalue weighted by molar-refractivity contribution is 8.00. The Balaban J connectivity index is 1.50. The van der Waals surface area contributed by atoms with Crippen molar-refractivity contribution in [3.8, 4) is 0 Å². The summed E-state index contributed by atoms with van der Waals surface area (Å²) in [5.41, 5.74) is 0. The van der Waals surface area contributed by atoms with Gasteiger partial charge in [0.25, 0.3) is 0 Å². The topological polar surface area (TPSA) is 80.2 Å². The maximum Gasteiger partial charge on any atom is 0.233 e. The average molecular weight is 426 g/mol. The summed E-state index contributed by atoms with van der Waals surface area (Å²) in [4.78, 5) is 24.6. The van der Waals surface area contributed by atoms with E-state index in [9.17, 15) is 13.2 Å². The minimum absolute atomic E-state index is 0.0380. The lowest BCUT2D eigenvalue weighted by Crippen LogP contribution is -2.49. The van der Waals surface area contributed by atoms with E-state index in [0.29, 0.717) is 6.42 Å². The highest BCUT2D eigenvalue weighted by Gasteiger charge is 2.38. The number of thiophene rings is 1. The molecular weight excluding hydrogens is 402 g/mol. The number of carbonyl (C=O) groups excluding carboxylic acids is 1. The van der Waals surface area contributed by atoms with E-state index in [-0.39, 0.29) is 35.2 Å². The number of hydrogen-bond donors (Lipinski definition) is 0. The van der Waals surface area contributed by atoms with Crippen LogP contribution in [-0.4, -0.2) is 58.5 Å². The van der Waals surface area contributed by atoms with Gasteiger partial charge in [-0.25, -0.2) is 18.4 Å². The fourth-order valence-electron chi connectivity index (χ4n) is 4.15. The quantitative estimate of drug-likeness (QED) is 0.541. The normalized spacial score (nSPS) is 22.9. The van der Waals surface area contributed by atoms with E-state index in [1.807, 2.05) is 16.3 Å². The van der Waals surface area contributed by atoms with Crippen LogP contribution in [0, 0.1) is 0 Å². The number of sulfone groups is 1. The second-order valence-corrected chi connectivity index (χ2v) is 11.3. The largest absolute Gasteiger partial charge is 0.335 e. The third kappa shape index (κ3) is 4.30. The Hall–Kier alpha value is -1.19. The van der Waals surface area contributed by atoms with E-state index in [1.54, 1.807) is 11.3 Å². The molecule has 0 radical (unpaired) electrons. The zero-order chi connectivity index (χ0) is 18.9. The highest BCUT2D eigenvalue weighted by Crippen LogP contribution is 2.31. The first-order valence-electron chi connectivity index (χ1n) is 9.36. The van der Waals surface area contributed by atoms with Crippen molar-refractivity contribution in [3.63, 3.8) is 0 Å². The fourth-order valence-corrected chi connectivity index (χ4v) is 7.51. The van der Waals surface area contributed by atoms with Gasteiger partial charge in [0, 0.05) is 17.5 Å². The zero-order valence-corrected chi connectivity index (χ0v) is 17.5. The van der Waals surface area contributed by atoms with Crippen LogP contribution in [0.15, 0.2) is 22.8 Å². The van der Waals surface area contributed by atoms with Gasteiger partial charge >= 0.3 is 0 Å². The number of amides is 1. The van der Waals surface area contributed by atoms with Crippen LogP contribution in [0.3, 0.4) is 0 Å². The molecule has 0 N–H and O–H groups in total. The molecule has 146 valence electrons. The van der Waals surface area contributed by atoms with Gasteiger partial charge in [0.15, 0.2) is 9.84 Å². The van der Waals surface area contributed by atoms with Gasteiger partial charge in [-0.05, 0) is 30.7 Å². The third-order valence-electron chi connectivity index (χ3n) is 5.42. The van der Waals surface area contributed by atoms with Gasteiger partial charge in [-0.3, -0.25) is 4.79 Å². The van der Waals surface area contributed by atoms with Crippen molar-refractivity contribution in [2.45, 2.75) is 55.6 Å². The van der Waals surface area contributed by atoms with Crippen molar-refractivity contribution in [2.75, 3.05) is 17.3 Å². The number of thioether (sulfide) groups is 1. The van der Waals surface area contributed by atoms with Crippen LogP contribution >= 0.6 is 23.1 Å². The number of hydrogen-bond acceptors (Lipinski definition) is 7. The van der Waals surface area contributed by atoms with E-state index in [4.69, 9.17) is 0 Å². The van der Waals surface area contributed by atoms with Gasteiger partial charge in [0.1, 0.15) is 16.2 Å². The Bertz CT molecular complexity index is 922. The van der Waals surface area contributed by atoms with Crippen LogP contribution in [0.4, 0.5) is 0 Å². The summed E-state index contributed by atoms with van der Waals surface area (Å²) >= 11 is 2.99. The standard InChI is InChI=1S/C18H23N3O3S3/c22-16(10-26-18-15-6-8-25-17(15)19-12-20-18)21(13-4-2-1-3-5-13)14-7-9-27(23,24)11-14/h6,8,12-14H,1-5,7,9-11H2/t14-/m1/s1. The maximum atomic E-state index is 13.2. The molecule has 1 atom stereocenters. The third-order valence-corrected chi connectivity index (χ3v) is 8.98. The molecule has 2 aromatic rings. The number of aromatic nitrogens is 2. The van der Waals surface area contributed by atoms with Gasteiger partial charge in [0.05, 0.1) is 17.3 Å². The van der Waals surface area contributed by atoms with Gasteiger partial charge in [0.2, 0.25) is 5.91 Å². The summed E-state index contributed by atoms with van der Waals surface area (Å²) in [7, 11) is -3.02. The summed E-state index contributed by atoms with van der Waals surface area (Å²) < 4.78 is 24.0. The monoisotopic (exact) mass is 425 g/mol. The van der Waals surface area contributed by atoms with Crippen molar-refractivity contribution in [1.82, 2.24) is 14.9 Å². The molecule has 0 aromatic carbocycles. The summed E-state index contributed by atoms with van der Waals surface area (Å²) in [6.07, 6.45) is 7.49. The zero-order valence-electron chi connectivity index (χ0n) is 15.0. The Kier molecular flexibility index (Phi) is 5.70. The smallest absolute Gasteiger partial charge is 0.233 e. The van der Waals surface area contributed by atoms with E-state index in [0.717, 1.165) is 40.9 Å². The van der Waals surface area contributed by atoms with E-state index in [1.165, 1.54) is 24.5 Å². The molecule has 3 heterocycles. The minimum Gasteiger partial charge on any atom is -0.335 e. The summed E-state index contributed by atoms with van der Waals surface area (Å²) in [5, 5.41) is 3.77. The molecule has 0 spiro atoms. The molecule has 2 aromatic heterocycles. The van der Waals surface area contributed by atoms with Crippen molar-refractivity contribution in [2.24, 2.45) is 0 Å². The number of carbonyl (C=O) groups is 1. The molecule has 0 bridgehead atoms. The fraction of sp³-hybridized carbons (Fsp3) is 0.611. The average Bonchev–Trinajstić information content (AvgIpc) is 3.27. The number of rotatable bonds is 5. The lowest BCUT2D eigenvalue weighted by Gasteiger charge is -2.38. The predicted octanol–water partition coefficient (Wildman–Crippen LogP) is 3.13. The van der Waals surface area contributed by atoms with Gasteiger partial charge in [-0.1, -0.05) is 31.0 Å². The van der Waals surface area contributed by atoms with Gasteiger partial charge in [-0.2, -0.15) is 0 Å². The SMILES string of the molecule is O=C(CSc1ncnc2sccc12)N(C1CCCCC1)[C@@H]1CCS(=O)(=O)C1. The molecule has 1 saturated carbocycles. The number of fused-ring (bicyclic) bond motifs is 1. The molecule has 27 heavy (non-hydrogen) atoms. The van der Waals surface area contributed by atoms with Crippen LogP contribution in [0.25, 0.3) is 10.2 Å². The highest BCUT2D eigenvalue weighted by atomic mass is 32.2. The van der Waals surface area contributed by atoms with Gasteiger partial charge in [-0.15, -0.1) is 11.3 Å². The first kappa shape index (κ1) is 19.1. The lowest BCUT2D eigenvalue weighted by molar-refractivity contribution is -0.133. The molecule has 4 rings (SSSR count). The molecule has 0 unspecified atom stereocenters. The molecule has 6 nitrogen and oxygen atoms in total. The van der Waals surface area contributed by atoms with Crippen molar-refractivity contribution in [1.29, 1.82) is 0 Å². The lowest BCUT2D eigenvalue weighted by atomic mass is 9.93. The van der Waals surface area contributed by atoms with Crippen LogP contribution in [0.1, 0.15) is 38.5 Å². The van der Waals surface area contributed by atoms with Crippen LogP contribution in [0.5, 0.6) is 0 Å². The minimum atomic E-state index is -3.02. The molecule has 9 heteroatoms. The van der Waals surface area contributed by atoms with Crippen LogP contribution < -0.4 is 0 Å². The predicted molar refractivity (Wildman–Crippen MR) is 109 cm³/mol. The molecule has 2 aliphatic rings. The summed E-state index contributed by atoms with van der Waals surface area (Å²) in [6, 6.07) is 1.99.